The van der Waals surface area contributed by atoms with Gasteiger partial charge >= 0.3 is 0 Å². The molecule has 0 saturated carbocycles. The first-order chi connectivity index (χ1) is 12.3. The van der Waals surface area contributed by atoms with Crippen LogP contribution in [0.2, 0.25) is 0 Å². The van der Waals surface area contributed by atoms with Crippen LogP contribution >= 0.6 is 0 Å². The van der Waals surface area contributed by atoms with Gasteiger partial charge in [0.1, 0.15) is 5.76 Å². The maximum atomic E-state index is 12.7. The Hall–Kier alpha value is -2.23. The molecule has 0 bridgehead atoms. The van der Waals surface area contributed by atoms with Crippen molar-refractivity contribution in [2.45, 2.75) is 31.7 Å². The highest BCUT2D eigenvalue weighted by molar-refractivity contribution is 7.89. The highest BCUT2D eigenvalue weighted by Gasteiger charge is 2.26. The molecule has 8 nitrogen and oxygen atoms in total. The third kappa shape index (κ3) is 4.29. The van der Waals surface area contributed by atoms with E-state index in [9.17, 15) is 18.5 Å². The Morgan fingerprint density at radius 3 is 2.46 bits per heavy atom. The Morgan fingerprint density at radius 2 is 1.92 bits per heavy atom. The van der Waals surface area contributed by atoms with Gasteiger partial charge in [-0.25, -0.2) is 13.1 Å². The van der Waals surface area contributed by atoms with Crippen LogP contribution in [-0.4, -0.2) is 37.9 Å². The van der Waals surface area contributed by atoms with Gasteiger partial charge in [0.2, 0.25) is 10.0 Å². The van der Waals surface area contributed by atoms with Crippen molar-refractivity contribution < 1.29 is 17.8 Å². The second-order valence-corrected chi connectivity index (χ2v) is 7.50. The molecular weight excluding hydrogens is 358 g/mol. The van der Waals surface area contributed by atoms with Crippen LogP contribution in [0.5, 0.6) is 0 Å². The molecule has 2 rings (SSSR count). The average Bonchev–Trinajstić information content (AvgIpc) is 3.12. The Labute approximate surface area is 153 Å². The molecule has 1 aromatic heterocycles. The van der Waals surface area contributed by atoms with E-state index < -0.39 is 14.9 Å². The van der Waals surface area contributed by atoms with Gasteiger partial charge in [0.25, 0.3) is 5.69 Å². The number of benzene rings is 1. The molecular formula is C17H23N3O5S. The zero-order chi connectivity index (χ0) is 19.3. The first kappa shape index (κ1) is 20.1. The van der Waals surface area contributed by atoms with Crippen molar-refractivity contribution in [1.29, 1.82) is 0 Å². The molecule has 0 aliphatic rings. The summed E-state index contributed by atoms with van der Waals surface area (Å²) in [6, 6.07) is 7.31. The molecule has 0 unspecified atom stereocenters. The normalized spacial score (nSPS) is 13.1. The van der Waals surface area contributed by atoms with Crippen LogP contribution < -0.4 is 4.72 Å². The van der Waals surface area contributed by atoms with Crippen molar-refractivity contribution in [2.24, 2.45) is 0 Å². The van der Waals surface area contributed by atoms with Gasteiger partial charge in [0.15, 0.2) is 0 Å². The molecule has 9 heteroatoms. The lowest BCUT2D eigenvalue weighted by Crippen LogP contribution is -2.38. The molecule has 26 heavy (non-hydrogen) atoms. The van der Waals surface area contributed by atoms with E-state index in [4.69, 9.17) is 4.42 Å². The van der Waals surface area contributed by atoms with E-state index in [1.807, 2.05) is 13.8 Å². The number of hydrogen-bond acceptors (Lipinski definition) is 6. The van der Waals surface area contributed by atoms with E-state index in [1.54, 1.807) is 18.4 Å². The van der Waals surface area contributed by atoms with Crippen molar-refractivity contribution in [2.75, 3.05) is 19.6 Å². The molecule has 1 atom stereocenters. The number of furan rings is 1. The summed E-state index contributed by atoms with van der Waals surface area (Å²) in [4.78, 5) is 12.5. The first-order valence-electron chi connectivity index (χ1n) is 8.32. The Morgan fingerprint density at radius 1 is 1.23 bits per heavy atom. The highest BCUT2D eigenvalue weighted by Crippen LogP contribution is 2.26. The summed E-state index contributed by atoms with van der Waals surface area (Å²) < 4.78 is 33.5. The molecule has 0 amide bonds. The van der Waals surface area contributed by atoms with Crippen LogP contribution in [0.15, 0.2) is 45.9 Å². The van der Waals surface area contributed by atoms with Gasteiger partial charge in [0.05, 0.1) is 22.1 Å². The Kier molecular flexibility index (Phi) is 6.52. The van der Waals surface area contributed by atoms with Crippen molar-refractivity contribution in [3.8, 4) is 0 Å². The third-order valence-corrected chi connectivity index (χ3v) is 5.90. The van der Waals surface area contributed by atoms with Gasteiger partial charge in [-0.05, 0) is 38.2 Å². The van der Waals surface area contributed by atoms with Crippen LogP contribution in [0.3, 0.4) is 0 Å². The van der Waals surface area contributed by atoms with E-state index in [-0.39, 0.29) is 28.7 Å². The second-order valence-electron chi connectivity index (χ2n) is 5.76. The van der Waals surface area contributed by atoms with Crippen molar-refractivity contribution in [1.82, 2.24) is 9.62 Å². The molecule has 0 fully saturated rings. The molecule has 0 radical (unpaired) electrons. The summed E-state index contributed by atoms with van der Waals surface area (Å²) in [5.41, 5.74) is -0.110. The molecule has 2 aromatic rings. The number of likely N-dealkylation sites (N-methyl/N-ethyl adjacent to an activating group) is 1. The molecule has 0 aliphatic carbocycles. The fraction of sp³-hybridized carbons (Fsp3) is 0.412. The molecule has 142 valence electrons. The summed E-state index contributed by atoms with van der Waals surface area (Å²) in [5, 5.41) is 11.1. The maximum absolute atomic E-state index is 12.7. The fourth-order valence-corrected chi connectivity index (χ4v) is 4.21. The lowest BCUT2D eigenvalue weighted by molar-refractivity contribution is -0.385. The van der Waals surface area contributed by atoms with Gasteiger partial charge in [-0.3, -0.25) is 15.0 Å². The third-order valence-electron chi connectivity index (χ3n) is 4.33. The van der Waals surface area contributed by atoms with Crippen LogP contribution in [0.1, 0.15) is 31.2 Å². The summed E-state index contributed by atoms with van der Waals surface area (Å²) in [6.07, 6.45) is 1.55. The van der Waals surface area contributed by atoms with Gasteiger partial charge in [-0.2, -0.15) is 0 Å². The average molecular weight is 381 g/mol. The van der Waals surface area contributed by atoms with Crippen LogP contribution in [-0.2, 0) is 10.0 Å². The molecule has 1 N–H and O–H groups in total. The molecule has 1 aromatic carbocycles. The number of rotatable bonds is 9. The highest BCUT2D eigenvalue weighted by atomic mass is 32.2. The smallest absolute Gasteiger partial charge is 0.273 e. The van der Waals surface area contributed by atoms with Crippen molar-refractivity contribution in [3.63, 3.8) is 0 Å². The molecule has 0 aliphatic heterocycles. The topological polar surface area (TPSA) is 106 Å². The van der Waals surface area contributed by atoms with E-state index in [1.165, 1.54) is 25.1 Å². The summed E-state index contributed by atoms with van der Waals surface area (Å²) in [5.74, 6) is 0.659. The number of nitrogens with zero attached hydrogens (tertiary/aromatic N) is 2. The zero-order valence-electron chi connectivity index (χ0n) is 15.0. The SMILES string of the molecule is CCN(CC)[C@@H](CNS(=O)(=O)c1cccc([N+](=O)[O-])c1C)c1ccco1. The van der Waals surface area contributed by atoms with Gasteiger partial charge in [-0.15, -0.1) is 0 Å². The van der Waals surface area contributed by atoms with Crippen molar-refractivity contribution >= 4 is 15.7 Å². The lowest BCUT2D eigenvalue weighted by atomic mass is 10.2. The monoisotopic (exact) mass is 381 g/mol. The number of hydrogen-bond donors (Lipinski definition) is 1. The Bertz CT molecular complexity index is 845. The summed E-state index contributed by atoms with van der Waals surface area (Å²) >= 11 is 0. The van der Waals surface area contributed by atoms with Gasteiger partial charge in [-0.1, -0.05) is 19.9 Å². The molecule has 0 spiro atoms. The van der Waals surface area contributed by atoms with E-state index in [0.717, 1.165) is 13.1 Å². The molecule has 1 heterocycles. The predicted octanol–water partition coefficient (Wildman–Crippen LogP) is 2.86. The van der Waals surface area contributed by atoms with Gasteiger partial charge in [0, 0.05) is 18.2 Å². The number of nitro benzene ring substituents is 1. The summed E-state index contributed by atoms with van der Waals surface area (Å²) in [7, 11) is -3.91. The number of nitrogens with one attached hydrogen (secondary N) is 1. The maximum Gasteiger partial charge on any atom is 0.273 e. The minimum atomic E-state index is -3.91. The zero-order valence-corrected chi connectivity index (χ0v) is 15.8. The lowest BCUT2D eigenvalue weighted by Gasteiger charge is -2.28. The quantitative estimate of drug-likeness (QED) is 0.529. The van der Waals surface area contributed by atoms with Crippen LogP contribution in [0.25, 0.3) is 0 Å². The number of nitro groups is 1. The predicted molar refractivity (Wildman–Crippen MR) is 97.4 cm³/mol. The first-order valence-corrected chi connectivity index (χ1v) is 9.81. The molecule has 0 saturated heterocycles. The van der Waals surface area contributed by atoms with E-state index >= 15 is 0 Å². The second kappa shape index (κ2) is 8.43. The van der Waals surface area contributed by atoms with Gasteiger partial charge < -0.3 is 4.42 Å². The largest absolute Gasteiger partial charge is 0.468 e. The standard InChI is InChI=1S/C17H23N3O5S/c1-4-19(5-2)15(16-9-7-11-25-16)12-18-26(23,24)17-10-6-8-14(13(17)3)20(21)22/h6-11,15,18H,4-5,12H2,1-3H3/t15-/m0/s1. The van der Waals surface area contributed by atoms with E-state index in [0.29, 0.717) is 5.76 Å². The van der Waals surface area contributed by atoms with Crippen molar-refractivity contribution in [3.05, 3.63) is 58.0 Å². The Balaban J connectivity index is 2.28. The number of sulfonamides is 1. The van der Waals surface area contributed by atoms with Crippen LogP contribution in [0.4, 0.5) is 5.69 Å². The summed E-state index contributed by atoms with van der Waals surface area (Å²) in [6.45, 7) is 6.94. The minimum Gasteiger partial charge on any atom is -0.468 e. The fourth-order valence-electron chi connectivity index (χ4n) is 2.91. The van der Waals surface area contributed by atoms with Crippen LogP contribution in [0, 0.1) is 17.0 Å². The minimum absolute atomic E-state index is 0.0931. The van der Waals surface area contributed by atoms with E-state index in [2.05, 4.69) is 9.62 Å².